The number of nitrogens with one attached hydrogen (secondary N) is 1. The molecule has 1 aromatic rings. The van der Waals surface area contributed by atoms with Gasteiger partial charge in [-0.25, -0.2) is 0 Å². The van der Waals surface area contributed by atoms with E-state index in [4.69, 9.17) is 0 Å². The molecule has 1 aromatic carbocycles. The zero-order valence-electron chi connectivity index (χ0n) is 10.8. The van der Waals surface area contributed by atoms with Crippen molar-refractivity contribution in [3.8, 4) is 0 Å². The number of benzene rings is 1. The van der Waals surface area contributed by atoms with Gasteiger partial charge in [0.1, 0.15) is 0 Å². The molecule has 0 aliphatic rings. The van der Waals surface area contributed by atoms with Crippen molar-refractivity contribution in [1.29, 1.82) is 0 Å². The topological polar surface area (TPSA) is 29.1 Å². The molecule has 0 unspecified atom stereocenters. The van der Waals surface area contributed by atoms with Crippen LogP contribution in [0.25, 0.3) is 0 Å². The van der Waals surface area contributed by atoms with Crippen LogP contribution in [0.5, 0.6) is 0 Å². The van der Waals surface area contributed by atoms with E-state index in [-0.39, 0.29) is 11.2 Å². The minimum Gasteiger partial charge on any atom is -0.383 e. The van der Waals surface area contributed by atoms with Gasteiger partial charge in [0.05, 0.1) is 0 Å². The fourth-order valence-electron chi connectivity index (χ4n) is 1.48. The molecule has 16 heavy (non-hydrogen) atoms. The van der Waals surface area contributed by atoms with Gasteiger partial charge in [0, 0.05) is 22.7 Å². The Kier molecular flexibility index (Phi) is 3.74. The predicted molar refractivity (Wildman–Crippen MR) is 69.0 cm³/mol. The lowest BCUT2D eigenvalue weighted by atomic mass is 9.86. The summed E-state index contributed by atoms with van der Waals surface area (Å²) in [6, 6.07) is 8.10. The number of ketones is 1. The van der Waals surface area contributed by atoms with Crippen LogP contribution in [0.2, 0.25) is 0 Å². The zero-order valence-corrected chi connectivity index (χ0v) is 10.8. The third-order valence-electron chi connectivity index (χ3n) is 2.28. The summed E-state index contributed by atoms with van der Waals surface area (Å²) >= 11 is 0. The lowest BCUT2D eigenvalue weighted by Crippen LogP contribution is -2.20. The Morgan fingerprint density at radius 3 is 2.00 bits per heavy atom. The molecule has 0 saturated carbocycles. The standard InChI is InChI=1S/C14H21NO/c1-10(2)15-12-8-6-11(7-9-12)13(16)14(3,4)5/h6-10,15H,1-5H3. The third-order valence-corrected chi connectivity index (χ3v) is 2.28. The molecule has 2 nitrogen and oxygen atoms in total. The van der Waals surface area contributed by atoms with E-state index in [1.54, 1.807) is 0 Å². The van der Waals surface area contributed by atoms with Crippen molar-refractivity contribution in [2.24, 2.45) is 5.41 Å². The molecule has 0 amide bonds. The van der Waals surface area contributed by atoms with Crippen molar-refractivity contribution in [2.45, 2.75) is 40.7 Å². The Morgan fingerprint density at radius 1 is 1.12 bits per heavy atom. The van der Waals surface area contributed by atoms with Gasteiger partial charge in [0.15, 0.2) is 5.78 Å². The second-order valence-corrected chi connectivity index (χ2v) is 5.46. The van der Waals surface area contributed by atoms with Gasteiger partial charge in [-0.2, -0.15) is 0 Å². The molecule has 0 fully saturated rings. The van der Waals surface area contributed by atoms with Crippen LogP contribution in [0.15, 0.2) is 24.3 Å². The molecule has 0 heterocycles. The molecule has 0 spiro atoms. The minimum atomic E-state index is -0.313. The maximum atomic E-state index is 12.0. The first-order valence-corrected chi connectivity index (χ1v) is 5.72. The van der Waals surface area contributed by atoms with E-state index in [1.807, 2.05) is 45.0 Å². The summed E-state index contributed by atoms with van der Waals surface area (Å²) in [4.78, 5) is 12.0. The van der Waals surface area contributed by atoms with Gasteiger partial charge < -0.3 is 5.32 Å². The normalized spacial score (nSPS) is 11.6. The summed E-state index contributed by atoms with van der Waals surface area (Å²) in [5.41, 5.74) is 1.52. The molecule has 1 rings (SSSR count). The van der Waals surface area contributed by atoms with E-state index in [0.717, 1.165) is 11.3 Å². The van der Waals surface area contributed by atoms with Gasteiger partial charge in [0.2, 0.25) is 0 Å². The Hall–Kier alpha value is -1.31. The van der Waals surface area contributed by atoms with Crippen molar-refractivity contribution in [2.75, 3.05) is 5.32 Å². The van der Waals surface area contributed by atoms with Crippen molar-refractivity contribution >= 4 is 11.5 Å². The number of Topliss-reactive ketones (excluding diaryl/α,β-unsaturated/α-hetero) is 1. The highest BCUT2D eigenvalue weighted by molar-refractivity contribution is 6.00. The fraction of sp³-hybridized carbons (Fsp3) is 0.500. The van der Waals surface area contributed by atoms with Crippen LogP contribution >= 0.6 is 0 Å². The smallest absolute Gasteiger partial charge is 0.168 e. The van der Waals surface area contributed by atoms with Gasteiger partial charge in [-0.15, -0.1) is 0 Å². The Bertz CT molecular complexity index is 357. The molecule has 0 atom stereocenters. The summed E-state index contributed by atoms with van der Waals surface area (Å²) in [7, 11) is 0. The Labute approximate surface area is 98.1 Å². The molecule has 0 radical (unpaired) electrons. The minimum absolute atomic E-state index is 0.184. The highest BCUT2D eigenvalue weighted by atomic mass is 16.1. The quantitative estimate of drug-likeness (QED) is 0.785. The predicted octanol–water partition coefficient (Wildman–Crippen LogP) is 3.74. The van der Waals surface area contributed by atoms with Crippen LogP contribution in [-0.4, -0.2) is 11.8 Å². The first-order chi connectivity index (χ1) is 7.30. The number of anilines is 1. The summed E-state index contributed by atoms with van der Waals surface area (Å²) < 4.78 is 0. The van der Waals surface area contributed by atoms with Crippen LogP contribution in [-0.2, 0) is 0 Å². The lowest BCUT2D eigenvalue weighted by molar-refractivity contribution is 0.0858. The van der Waals surface area contributed by atoms with Gasteiger partial charge in [0.25, 0.3) is 0 Å². The van der Waals surface area contributed by atoms with Crippen molar-refractivity contribution in [3.05, 3.63) is 29.8 Å². The van der Waals surface area contributed by atoms with Gasteiger partial charge in [-0.3, -0.25) is 4.79 Å². The molecule has 0 saturated heterocycles. The van der Waals surface area contributed by atoms with Gasteiger partial charge in [-0.05, 0) is 38.1 Å². The summed E-state index contributed by atoms with van der Waals surface area (Å²) in [6.07, 6.45) is 0. The monoisotopic (exact) mass is 219 g/mol. The molecule has 88 valence electrons. The highest BCUT2D eigenvalue weighted by Crippen LogP contribution is 2.21. The summed E-state index contributed by atoms with van der Waals surface area (Å²) in [6.45, 7) is 10.0. The fourth-order valence-corrected chi connectivity index (χ4v) is 1.48. The van der Waals surface area contributed by atoms with E-state index >= 15 is 0 Å². The molecule has 0 aliphatic carbocycles. The number of rotatable bonds is 3. The molecule has 0 bridgehead atoms. The average molecular weight is 219 g/mol. The van der Waals surface area contributed by atoms with Gasteiger partial charge in [-0.1, -0.05) is 20.8 Å². The molecule has 1 N–H and O–H groups in total. The van der Waals surface area contributed by atoms with Crippen molar-refractivity contribution in [1.82, 2.24) is 0 Å². The zero-order chi connectivity index (χ0) is 12.3. The van der Waals surface area contributed by atoms with E-state index in [2.05, 4.69) is 19.2 Å². The second-order valence-electron chi connectivity index (χ2n) is 5.46. The van der Waals surface area contributed by atoms with Crippen molar-refractivity contribution in [3.63, 3.8) is 0 Å². The molecule has 0 aliphatic heterocycles. The van der Waals surface area contributed by atoms with Crippen LogP contribution in [0, 0.1) is 5.41 Å². The number of carbonyl (C=O) groups excluding carboxylic acids is 1. The SMILES string of the molecule is CC(C)Nc1ccc(C(=O)C(C)(C)C)cc1. The van der Waals surface area contributed by atoms with Crippen LogP contribution < -0.4 is 5.32 Å². The average Bonchev–Trinajstić information content (AvgIpc) is 2.15. The van der Waals surface area contributed by atoms with E-state index in [9.17, 15) is 4.79 Å². The van der Waals surface area contributed by atoms with E-state index in [1.165, 1.54) is 0 Å². The maximum Gasteiger partial charge on any atom is 0.168 e. The number of hydrogen-bond acceptors (Lipinski definition) is 2. The summed E-state index contributed by atoms with van der Waals surface area (Å²) in [5, 5.41) is 3.30. The van der Waals surface area contributed by atoms with Crippen molar-refractivity contribution < 1.29 is 4.79 Å². The van der Waals surface area contributed by atoms with E-state index in [0.29, 0.717) is 6.04 Å². The van der Waals surface area contributed by atoms with E-state index < -0.39 is 0 Å². The maximum absolute atomic E-state index is 12.0. The molecular weight excluding hydrogens is 198 g/mol. The van der Waals surface area contributed by atoms with Crippen LogP contribution in [0.3, 0.4) is 0 Å². The molecule has 2 heteroatoms. The lowest BCUT2D eigenvalue weighted by Gasteiger charge is -2.17. The van der Waals surface area contributed by atoms with Crippen LogP contribution in [0.1, 0.15) is 45.0 Å². The first kappa shape index (κ1) is 12.8. The van der Waals surface area contributed by atoms with Gasteiger partial charge >= 0.3 is 0 Å². The second kappa shape index (κ2) is 4.69. The number of carbonyl (C=O) groups is 1. The molecule has 0 aromatic heterocycles. The third kappa shape index (κ3) is 3.37. The largest absolute Gasteiger partial charge is 0.383 e. The Morgan fingerprint density at radius 2 is 1.62 bits per heavy atom. The highest BCUT2D eigenvalue weighted by Gasteiger charge is 2.22. The Balaban J connectivity index is 2.83. The first-order valence-electron chi connectivity index (χ1n) is 5.72. The number of hydrogen-bond donors (Lipinski definition) is 1. The molecular formula is C14H21NO. The summed E-state index contributed by atoms with van der Waals surface area (Å²) in [5.74, 6) is 0.184. The van der Waals surface area contributed by atoms with Crippen LogP contribution in [0.4, 0.5) is 5.69 Å².